The monoisotopic (exact) mass is 556 g/mol. The summed E-state index contributed by atoms with van der Waals surface area (Å²) in [5.41, 5.74) is -1.96. The molecule has 13 heteroatoms. The van der Waals surface area contributed by atoms with Crippen molar-refractivity contribution in [2.24, 2.45) is 5.41 Å². The molecule has 4 amide bonds. The van der Waals surface area contributed by atoms with E-state index in [4.69, 9.17) is 0 Å². The topological polar surface area (TPSA) is 144 Å². The lowest BCUT2D eigenvalue weighted by atomic mass is 9.80. The third-order valence-electron chi connectivity index (χ3n) is 6.85. The summed E-state index contributed by atoms with van der Waals surface area (Å²) in [6.07, 6.45) is -3.79. The Morgan fingerprint density at radius 3 is 2.55 bits per heavy atom. The second-order valence-corrected chi connectivity index (χ2v) is 11.1. The van der Waals surface area contributed by atoms with Crippen LogP contribution >= 0.6 is 0 Å². The molecule has 3 heterocycles. The number of nitrogens with zero attached hydrogens (tertiary/aromatic N) is 3. The third-order valence-corrected chi connectivity index (χ3v) is 6.85. The van der Waals surface area contributed by atoms with Crippen molar-refractivity contribution < 1.29 is 32.3 Å². The first-order valence-corrected chi connectivity index (χ1v) is 12.4. The highest BCUT2D eigenvalue weighted by molar-refractivity contribution is 6.40. The Kier molecular flexibility index (Phi) is 7.32. The number of amides is 4. The number of nitrogens with one attached hydrogen (secondary N) is 3. The van der Waals surface area contributed by atoms with Gasteiger partial charge in [0.05, 0.1) is 11.5 Å². The first-order chi connectivity index (χ1) is 18.6. The van der Waals surface area contributed by atoms with Gasteiger partial charge in [-0.3, -0.25) is 24.2 Å². The summed E-state index contributed by atoms with van der Waals surface area (Å²) in [5, 5.41) is 17.1. The second-order valence-electron chi connectivity index (χ2n) is 11.1. The van der Waals surface area contributed by atoms with E-state index in [1.54, 1.807) is 24.3 Å². The average molecular weight is 557 g/mol. The van der Waals surface area contributed by atoms with Gasteiger partial charge in [0.25, 0.3) is 0 Å². The average Bonchev–Trinajstić information content (AvgIpc) is 3.40. The zero-order valence-electron chi connectivity index (χ0n) is 21.9. The number of nitriles is 1. The summed E-state index contributed by atoms with van der Waals surface area (Å²) in [6.45, 7) is 5.32. The molecule has 0 bridgehead atoms. The molecule has 1 aromatic heterocycles. The molecular formula is C27H27F3N6O4. The van der Waals surface area contributed by atoms with Crippen molar-refractivity contribution in [2.75, 3.05) is 17.2 Å². The molecule has 210 valence electrons. The molecule has 1 spiro atoms. The lowest BCUT2D eigenvalue weighted by molar-refractivity contribution is -0.141. The SMILES string of the molecule is CC(C)(C)C[C@H](NC(=O)C(=O)Nc1ccnc(C(F)(F)F)c1)C(=O)N1C[C@]2(C[C@H]1C#N)C(=O)Nc1ccccc12. The molecule has 10 nitrogen and oxygen atoms in total. The van der Waals surface area contributed by atoms with Crippen molar-refractivity contribution in [1.29, 1.82) is 5.26 Å². The zero-order valence-corrected chi connectivity index (χ0v) is 21.9. The number of alkyl halides is 3. The molecule has 0 radical (unpaired) electrons. The molecule has 1 aromatic carbocycles. The number of halogens is 3. The summed E-state index contributed by atoms with van der Waals surface area (Å²) in [7, 11) is 0. The van der Waals surface area contributed by atoms with Crippen LogP contribution in [0.3, 0.4) is 0 Å². The van der Waals surface area contributed by atoms with Crippen LogP contribution in [-0.4, -0.2) is 52.1 Å². The van der Waals surface area contributed by atoms with Crippen molar-refractivity contribution in [2.45, 2.75) is 57.3 Å². The van der Waals surface area contributed by atoms with Crippen LogP contribution in [0.5, 0.6) is 0 Å². The maximum atomic E-state index is 13.8. The molecule has 2 aliphatic rings. The van der Waals surface area contributed by atoms with E-state index in [0.29, 0.717) is 17.3 Å². The minimum atomic E-state index is -4.76. The summed E-state index contributed by atoms with van der Waals surface area (Å²) < 4.78 is 38.9. The number of para-hydroxylation sites is 1. The predicted molar refractivity (Wildman–Crippen MR) is 136 cm³/mol. The molecule has 2 aliphatic heterocycles. The van der Waals surface area contributed by atoms with Crippen LogP contribution in [0.15, 0.2) is 42.6 Å². The number of pyridine rings is 1. The lowest BCUT2D eigenvalue weighted by Gasteiger charge is -2.31. The molecule has 4 rings (SSSR count). The standard InChI is InChI=1S/C27H27F3N6O4/c1-25(2,3)12-19(34-22(38)21(37)33-15-8-9-32-20(10-15)27(28,29)30)23(39)36-14-26(11-16(36)13-31)17-6-4-5-7-18(17)35-24(26)40/h4-10,16,19H,11-12,14H2,1-3H3,(H,34,38)(H,35,40)(H,32,33,37)/t16-,19-,26-/m0/s1. The minimum Gasteiger partial charge on any atom is -0.336 e. The Bertz CT molecular complexity index is 1410. The van der Waals surface area contributed by atoms with Gasteiger partial charge >= 0.3 is 18.0 Å². The lowest BCUT2D eigenvalue weighted by Crippen LogP contribution is -2.53. The first kappa shape index (κ1) is 28.5. The second kappa shape index (κ2) is 10.3. The molecule has 2 aromatic rings. The van der Waals surface area contributed by atoms with Crippen LogP contribution in [0.1, 0.15) is 44.9 Å². The van der Waals surface area contributed by atoms with Gasteiger partial charge in [0.1, 0.15) is 17.8 Å². The van der Waals surface area contributed by atoms with E-state index in [2.05, 4.69) is 27.0 Å². The Labute approximate surface area is 227 Å². The molecule has 3 N–H and O–H groups in total. The van der Waals surface area contributed by atoms with Gasteiger partial charge in [-0.15, -0.1) is 0 Å². The maximum absolute atomic E-state index is 13.8. The fraction of sp³-hybridized carbons (Fsp3) is 0.407. The highest BCUT2D eigenvalue weighted by atomic mass is 19.4. The van der Waals surface area contributed by atoms with E-state index in [-0.39, 0.29) is 31.0 Å². The quantitative estimate of drug-likeness (QED) is 0.494. The highest BCUT2D eigenvalue weighted by Crippen LogP contribution is 2.46. The molecule has 1 fully saturated rings. The van der Waals surface area contributed by atoms with Crippen LogP contribution in [0.2, 0.25) is 0 Å². The number of benzene rings is 1. The number of aromatic nitrogens is 1. The normalized spacial score (nSPS) is 20.9. The van der Waals surface area contributed by atoms with Crippen LogP contribution in [-0.2, 0) is 30.8 Å². The van der Waals surface area contributed by atoms with Gasteiger partial charge in [-0.25, -0.2) is 0 Å². The first-order valence-electron chi connectivity index (χ1n) is 12.4. The van der Waals surface area contributed by atoms with E-state index >= 15 is 0 Å². The molecule has 0 saturated carbocycles. The Hall–Kier alpha value is -4.47. The molecule has 0 aliphatic carbocycles. The number of carbonyl (C=O) groups excluding carboxylic acids is 4. The van der Waals surface area contributed by atoms with Crippen molar-refractivity contribution in [1.82, 2.24) is 15.2 Å². The number of anilines is 2. The molecule has 3 atom stereocenters. The highest BCUT2D eigenvalue weighted by Gasteiger charge is 2.56. The van der Waals surface area contributed by atoms with Crippen LogP contribution in [0, 0.1) is 16.7 Å². The smallest absolute Gasteiger partial charge is 0.336 e. The van der Waals surface area contributed by atoms with Gasteiger partial charge in [-0.1, -0.05) is 39.0 Å². The number of carbonyl (C=O) groups is 4. The summed E-state index contributed by atoms with van der Waals surface area (Å²) in [5.74, 6) is -3.53. The molecule has 40 heavy (non-hydrogen) atoms. The van der Waals surface area contributed by atoms with E-state index in [0.717, 1.165) is 12.3 Å². The van der Waals surface area contributed by atoms with E-state index in [1.807, 2.05) is 20.8 Å². The third kappa shape index (κ3) is 5.61. The zero-order chi connectivity index (χ0) is 29.5. The van der Waals surface area contributed by atoms with Gasteiger partial charge < -0.3 is 20.9 Å². The number of likely N-dealkylation sites (tertiary alicyclic amines) is 1. The van der Waals surface area contributed by atoms with Crippen molar-refractivity contribution in [3.63, 3.8) is 0 Å². The molecule has 1 saturated heterocycles. The fourth-order valence-corrected chi connectivity index (χ4v) is 5.07. The van der Waals surface area contributed by atoms with E-state index < -0.39 is 52.5 Å². The number of rotatable bonds is 4. The van der Waals surface area contributed by atoms with Crippen molar-refractivity contribution in [3.8, 4) is 6.07 Å². The Morgan fingerprint density at radius 1 is 1.20 bits per heavy atom. The Morgan fingerprint density at radius 2 is 1.90 bits per heavy atom. The van der Waals surface area contributed by atoms with Crippen LogP contribution in [0.25, 0.3) is 0 Å². The van der Waals surface area contributed by atoms with Crippen LogP contribution < -0.4 is 16.0 Å². The largest absolute Gasteiger partial charge is 0.433 e. The summed E-state index contributed by atoms with van der Waals surface area (Å²) in [4.78, 5) is 56.7. The molecular weight excluding hydrogens is 529 g/mol. The van der Waals surface area contributed by atoms with Crippen molar-refractivity contribution >= 4 is 35.0 Å². The predicted octanol–water partition coefficient (Wildman–Crippen LogP) is 2.97. The summed E-state index contributed by atoms with van der Waals surface area (Å²) >= 11 is 0. The Balaban J connectivity index is 1.55. The van der Waals surface area contributed by atoms with Gasteiger partial charge in [0.15, 0.2) is 0 Å². The van der Waals surface area contributed by atoms with Crippen molar-refractivity contribution in [3.05, 3.63) is 53.9 Å². The maximum Gasteiger partial charge on any atom is 0.433 e. The van der Waals surface area contributed by atoms with Crippen LogP contribution in [0.4, 0.5) is 24.5 Å². The van der Waals surface area contributed by atoms with Gasteiger partial charge in [-0.2, -0.15) is 18.4 Å². The fourth-order valence-electron chi connectivity index (χ4n) is 5.07. The number of hydrogen-bond donors (Lipinski definition) is 3. The van der Waals surface area contributed by atoms with Gasteiger partial charge in [-0.05, 0) is 35.6 Å². The van der Waals surface area contributed by atoms with E-state index in [1.165, 1.54) is 4.90 Å². The van der Waals surface area contributed by atoms with Gasteiger partial charge in [0, 0.05) is 30.5 Å². The van der Waals surface area contributed by atoms with E-state index in [9.17, 15) is 37.6 Å². The summed E-state index contributed by atoms with van der Waals surface area (Å²) in [6, 6.07) is 8.52. The van der Waals surface area contributed by atoms with Gasteiger partial charge in [0.2, 0.25) is 11.8 Å². The number of fused-ring (bicyclic) bond motifs is 2. The number of hydrogen-bond acceptors (Lipinski definition) is 6. The minimum absolute atomic E-state index is 0.0539. The molecule has 0 unspecified atom stereocenters.